The van der Waals surface area contributed by atoms with Crippen LogP contribution >= 0.6 is 0 Å². The van der Waals surface area contributed by atoms with E-state index in [2.05, 4.69) is 22.4 Å². The molecule has 1 saturated heterocycles. The maximum atomic E-state index is 9.18. The van der Waals surface area contributed by atoms with E-state index in [0.29, 0.717) is 5.92 Å². The zero-order chi connectivity index (χ0) is 14.9. The van der Waals surface area contributed by atoms with Gasteiger partial charge in [0.1, 0.15) is 0 Å². The highest BCUT2D eigenvalue weighted by Gasteiger charge is 2.20. The first kappa shape index (κ1) is 16.0. The van der Waals surface area contributed by atoms with Crippen LogP contribution in [0.25, 0.3) is 0 Å². The molecule has 2 rings (SSSR count). The zero-order valence-corrected chi connectivity index (χ0v) is 12.8. The molecule has 0 amide bonds. The Morgan fingerprint density at radius 3 is 3.10 bits per heavy atom. The Bertz CT molecular complexity index is 469. The molecule has 21 heavy (non-hydrogen) atoms. The van der Waals surface area contributed by atoms with Crippen LogP contribution in [-0.4, -0.2) is 44.8 Å². The number of hydrogen-bond donors (Lipinski definition) is 1. The Morgan fingerprint density at radius 2 is 2.29 bits per heavy atom. The fraction of sp³-hybridized carbons (Fsp3) is 0.588. The second-order valence-electron chi connectivity index (χ2n) is 5.71. The normalized spacial score (nSPS) is 19.3. The maximum absolute atomic E-state index is 9.18. The van der Waals surface area contributed by atoms with Gasteiger partial charge in [0, 0.05) is 26.7 Å². The van der Waals surface area contributed by atoms with Crippen molar-refractivity contribution in [3.8, 4) is 6.07 Å². The molecule has 1 fully saturated rings. The van der Waals surface area contributed by atoms with E-state index in [1.54, 1.807) is 7.11 Å². The van der Waals surface area contributed by atoms with Gasteiger partial charge in [-0.1, -0.05) is 18.2 Å². The molecule has 0 aliphatic carbocycles. The highest BCUT2D eigenvalue weighted by molar-refractivity contribution is 5.37. The summed E-state index contributed by atoms with van der Waals surface area (Å²) in [5.74, 6) is 0.699. The number of likely N-dealkylation sites (tertiary alicyclic amines) is 1. The molecular formula is C17H25N3O. The number of rotatable bonds is 7. The molecular weight excluding hydrogens is 262 g/mol. The molecule has 4 nitrogen and oxygen atoms in total. The average molecular weight is 287 g/mol. The molecule has 1 N–H and O–H groups in total. The highest BCUT2D eigenvalue weighted by Crippen LogP contribution is 2.19. The Labute approximate surface area is 127 Å². The third-order valence-corrected chi connectivity index (χ3v) is 4.05. The van der Waals surface area contributed by atoms with Crippen molar-refractivity contribution in [1.29, 1.82) is 5.26 Å². The van der Waals surface area contributed by atoms with Crippen molar-refractivity contribution in [2.75, 3.05) is 39.9 Å². The predicted molar refractivity (Wildman–Crippen MR) is 83.9 cm³/mol. The van der Waals surface area contributed by atoms with Gasteiger partial charge in [-0.25, -0.2) is 0 Å². The minimum absolute atomic E-state index is 0.699. The van der Waals surface area contributed by atoms with Gasteiger partial charge < -0.3 is 10.1 Å². The second kappa shape index (κ2) is 8.78. The summed E-state index contributed by atoms with van der Waals surface area (Å²) in [5.41, 5.74) is 1.95. The zero-order valence-electron chi connectivity index (χ0n) is 12.8. The third-order valence-electron chi connectivity index (χ3n) is 4.05. The van der Waals surface area contributed by atoms with Crippen LogP contribution in [0.1, 0.15) is 24.0 Å². The number of ether oxygens (including phenoxy) is 1. The van der Waals surface area contributed by atoms with Crippen molar-refractivity contribution >= 4 is 0 Å². The molecule has 0 spiro atoms. The van der Waals surface area contributed by atoms with E-state index in [1.807, 2.05) is 18.2 Å². The van der Waals surface area contributed by atoms with Gasteiger partial charge in [0.15, 0.2) is 0 Å². The number of nitrogens with one attached hydrogen (secondary N) is 1. The fourth-order valence-electron chi connectivity index (χ4n) is 2.95. The quantitative estimate of drug-likeness (QED) is 0.779. The number of hydrogen-bond acceptors (Lipinski definition) is 4. The van der Waals surface area contributed by atoms with Crippen molar-refractivity contribution in [3.05, 3.63) is 35.4 Å². The Balaban J connectivity index is 1.82. The maximum Gasteiger partial charge on any atom is 0.0995 e. The van der Waals surface area contributed by atoms with Crippen LogP contribution in [0.5, 0.6) is 0 Å². The standard InChI is InChI=1S/C17H25N3O/c1-21-10-8-19-12-15-5-4-9-20(13-15)14-17-7-3-2-6-16(17)11-18/h2-3,6-7,15,19H,4-5,8-10,12-14H2,1H3. The van der Waals surface area contributed by atoms with Crippen molar-refractivity contribution in [3.63, 3.8) is 0 Å². The van der Waals surface area contributed by atoms with E-state index in [-0.39, 0.29) is 0 Å². The van der Waals surface area contributed by atoms with Crippen LogP contribution in [0.4, 0.5) is 0 Å². The van der Waals surface area contributed by atoms with Crippen LogP contribution in [0.2, 0.25) is 0 Å². The summed E-state index contributed by atoms with van der Waals surface area (Å²) in [6.07, 6.45) is 2.53. The van der Waals surface area contributed by atoms with Gasteiger partial charge in [0.2, 0.25) is 0 Å². The molecule has 1 aromatic rings. The monoisotopic (exact) mass is 287 g/mol. The van der Waals surface area contributed by atoms with Gasteiger partial charge in [-0.15, -0.1) is 0 Å². The predicted octanol–water partition coefficient (Wildman–Crippen LogP) is 2.01. The van der Waals surface area contributed by atoms with Crippen molar-refractivity contribution in [1.82, 2.24) is 10.2 Å². The van der Waals surface area contributed by atoms with Crippen molar-refractivity contribution < 1.29 is 4.74 Å². The molecule has 1 unspecified atom stereocenters. The van der Waals surface area contributed by atoms with Crippen LogP contribution in [0.15, 0.2) is 24.3 Å². The molecule has 0 bridgehead atoms. The molecule has 0 radical (unpaired) electrons. The summed E-state index contributed by atoms with van der Waals surface area (Å²) in [7, 11) is 1.73. The van der Waals surface area contributed by atoms with E-state index in [4.69, 9.17) is 4.74 Å². The molecule has 0 saturated carbocycles. The van der Waals surface area contributed by atoms with E-state index in [1.165, 1.54) is 12.8 Å². The van der Waals surface area contributed by atoms with Gasteiger partial charge in [-0.3, -0.25) is 4.90 Å². The molecule has 1 aromatic carbocycles. The van der Waals surface area contributed by atoms with Crippen molar-refractivity contribution in [2.24, 2.45) is 5.92 Å². The second-order valence-corrected chi connectivity index (χ2v) is 5.71. The first-order valence-corrected chi connectivity index (χ1v) is 7.73. The van der Waals surface area contributed by atoms with Gasteiger partial charge in [0.05, 0.1) is 18.2 Å². The summed E-state index contributed by atoms with van der Waals surface area (Å²) in [4.78, 5) is 2.47. The summed E-state index contributed by atoms with van der Waals surface area (Å²) >= 11 is 0. The topological polar surface area (TPSA) is 48.3 Å². The van der Waals surface area contributed by atoms with Gasteiger partial charge in [-0.05, 0) is 43.5 Å². The SMILES string of the molecule is COCCNCC1CCCN(Cc2ccccc2C#N)C1. The summed E-state index contributed by atoms with van der Waals surface area (Å²) < 4.78 is 5.05. The number of benzene rings is 1. The lowest BCUT2D eigenvalue weighted by Crippen LogP contribution is -2.39. The lowest BCUT2D eigenvalue weighted by molar-refractivity contribution is 0.159. The van der Waals surface area contributed by atoms with Crippen LogP contribution in [0, 0.1) is 17.2 Å². The molecule has 1 aliphatic rings. The first-order valence-electron chi connectivity index (χ1n) is 7.73. The molecule has 0 aromatic heterocycles. The Kier molecular flexibility index (Phi) is 6.68. The van der Waals surface area contributed by atoms with E-state index >= 15 is 0 Å². The lowest BCUT2D eigenvalue weighted by atomic mass is 9.97. The van der Waals surface area contributed by atoms with Crippen LogP contribution in [-0.2, 0) is 11.3 Å². The number of methoxy groups -OCH3 is 1. The van der Waals surface area contributed by atoms with Gasteiger partial charge >= 0.3 is 0 Å². The van der Waals surface area contributed by atoms with Gasteiger partial charge in [0.25, 0.3) is 0 Å². The smallest absolute Gasteiger partial charge is 0.0995 e. The number of piperidine rings is 1. The van der Waals surface area contributed by atoms with E-state index in [9.17, 15) is 5.26 Å². The van der Waals surface area contributed by atoms with Gasteiger partial charge in [-0.2, -0.15) is 5.26 Å². The minimum Gasteiger partial charge on any atom is -0.383 e. The first-order chi connectivity index (χ1) is 10.3. The number of nitriles is 1. The Morgan fingerprint density at radius 1 is 1.43 bits per heavy atom. The molecule has 1 atom stereocenters. The third kappa shape index (κ3) is 5.13. The number of nitrogens with zero attached hydrogens (tertiary/aromatic N) is 2. The summed E-state index contributed by atoms with van der Waals surface area (Å²) in [5, 5.41) is 12.6. The van der Waals surface area contributed by atoms with Crippen LogP contribution < -0.4 is 5.32 Å². The van der Waals surface area contributed by atoms with Crippen molar-refractivity contribution in [2.45, 2.75) is 19.4 Å². The molecule has 114 valence electrons. The molecule has 4 heteroatoms. The highest BCUT2D eigenvalue weighted by atomic mass is 16.5. The molecule has 1 aliphatic heterocycles. The molecule has 1 heterocycles. The summed E-state index contributed by atoms with van der Waals surface area (Å²) in [6.45, 7) is 5.88. The fourth-order valence-corrected chi connectivity index (χ4v) is 2.95. The largest absolute Gasteiger partial charge is 0.383 e. The Hall–Kier alpha value is -1.41. The average Bonchev–Trinajstić information content (AvgIpc) is 2.52. The summed E-state index contributed by atoms with van der Waals surface area (Å²) in [6, 6.07) is 10.2. The minimum atomic E-state index is 0.699. The van der Waals surface area contributed by atoms with Crippen LogP contribution in [0.3, 0.4) is 0 Å². The lowest BCUT2D eigenvalue weighted by Gasteiger charge is -2.33. The van der Waals surface area contributed by atoms with E-state index < -0.39 is 0 Å². The van der Waals surface area contributed by atoms with E-state index in [0.717, 1.165) is 50.5 Å².